The van der Waals surface area contributed by atoms with E-state index in [9.17, 15) is 14.8 Å². The SMILES string of the molecule is N#Cc1ccc([C@@H](O)CN2CCN(c3ccc(OCCO)cc3C#N)[C@H](c3ccc(F)cc3)C2)cc1. The normalized spacial score (nSPS) is 16.7. The molecule has 1 saturated heterocycles. The Morgan fingerprint density at radius 1 is 1.00 bits per heavy atom. The van der Waals surface area contributed by atoms with Crippen LogP contribution in [0.5, 0.6) is 5.75 Å². The molecule has 1 fully saturated rings. The van der Waals surface area contributed by atoms with Crippen LogP contribution >= 0.6 is 0 Å². The van der Waals surface area contributed by atoms with Crippen molar-refractivity contribution in [1.29, 1.82) is 10.5 Å². The zero-order valence-electron chi connectivity index (χ0n) is 19.7. The van der Waals surface area contributed by atoms with Crippen molar-refractivity contribution < 1.29 is 19.3 Å². The van der Waals surface area contributed by atoms with E-state index in [0.29, 0.717) is 43.1 Å². The van der Waals surface area contributed by atoms with Gasteiger partial charge in [0.1, 0.15) is 24.2 Å². The Morgan fingerprint density at radius 2 is 1.75 bits per heavy atom. The third-order valence-corrected chi connectivity index (χ3v) is 6.33. The molecule has 0 saturated carbocycles. The summed E-state index contributed by atoms with van der Waals surface area (Å²) in [6.45, 7) is 2.23. The second-order valence-electron chi connectivity index (χ2n) is 8.63. The Hall–Kier alpha value is -3.95. The van der Waals surface area contributed by atoms with E-state index < -0.39 is 6.10 Å². The van der Waals surface area contributed by atoms with Crippen LogP contribution in [0.3, 0.4) is 0 Å². The first-order chi connectivity index (χ1) is 17.5. The largest absolute Gasteiger partial charge is 0.491 e. The smallest absolute Gasteiger partial charge is 0.123 e. The topological polar surface area (TPSA) is 104 Å². The van der Waals surface area contributed by atoms with Crippen molar-refractivity contribution in [3.05, 3.63) is 94.8 Å². The van der Waals surface area contributed by atoms with Crippen LogP contribution in [-0.2, 0) is 0 Å². The quantitative estimate of drug-likeness (QED) is 0.502. The molecular weight excluding hydrogens is 459 g/mol. The van der Waals surface area contributed by atoms with Gasteiger partial charge in [-0.3, -0.25) is 4.90 Å². The first-order valence-electron chi connectivity index (χ1n) is 11.7. The molecule has 0 bridgehead atoms. The molecule has 36 heavy (non-hydrogen) atoms. The van der Waals surface area contributed by atoms with Gasteiger partial charge >= 0.3 is 0 Å². The van der Waals surface area contributed by atoms with Crippen LogP contribution < -0.4 is 9.64 Å². The minimum atomic E-state index is -0.726. The molecule has 8 heteroatoms. The van der Waals surface area contributed by atoms with Crippen LogP contribution in [0.1, 0.15) is 34.4 Å². The molecule has 1 heterocycles. The fourth-order valence-electron chi connectivity index (χ4n) is 4.50. The number of nitrogens with zero attached hydrogens (tertiary/aromatic N) is 4. The number of halogens is 1. The summed E-state index contributed by atoms with van der Waals surface area (Å²) in [4.78, 5) is 4.28. The number of β-amino-alcohol motifs (C(OH)–C–C–N with tert-alkyl or cyclic N) is 1. The Labute approximate surface area is 209 Å². The molecule has 2 atom stereocenters. The Bertz CT molecular complexity index is 1250. The number of benzene rings is 3. The number of hydrogen-bond acceptors (Lipinski definition) is 7. The van der Waals surface area contributed by atoms with Crippen molar-refractivity contribution in [2.45, 2.75) is 12.1 Å². The maximum Gasteiger partial charge on any atom is 0.123 e. The Balaban J connectivity index is 1.58. The lowest BCUT2D eigenvalue weighted by Gasteiger charge is -2.44. The summed E-state index contributed by atoms with van der Waals surface area (Å²) in [6, 6.07) is 22.7. The summed E-state index contributed by atoms with van der Waals surface area (Å²) < 4.78 is 19.1. The summed E-state index contributed by atoms with van der Waals surface area (Å²) in [6.07, 6.45) is -0.726. The average molecular weight is 487 g/mol. The van der Waals surface area contributed by atoms with Gasteiger partial charge in [-0.15, -0.1) is 0 Å². The van der Waals surface area contributed by atoms with Crippen molar-refractivity contribution in [2.75, 3.05) is 44.3 Å². The van der Waals surface area contributed by atoms with Crippen molar-refractivity contribution in [3.8, 4) is 17.9 Å². The third-order valence-electron chi connectivity index (χ3n) is 6.33. The first-order valence-corrected chi connectivity index (χ1v) is 11.7. The third kappa shape index (κ3) is 5.81. The highest BCUT2D eigenvalue weighted by Gasteiger charge is 2.31. The van der Waals surface area contributed by atoms with Gasteiger partial charge in [-0.05, 0) is 53.6 Å². The van der Waals surface area contributed by atoms with Crippen molar-refractivity contribution in [1.82, 2.24) is 4.90 Å². The van der Waals surface area contributed by atoms with E-state index in [0.717, 1.165) is 16.8 Å². The van der Waals surface area contributed by atoms with Gasteiger partial charge in [-0.25, -0.2) is 4.39 Å². The molecule has 2 N–H and O–H groups in total. The number of piperazine rings is 1. The highest BCUT2D eigenvalue weighted by molar-refractivity contribution is 5.63. The molecule has 0 aliphatic carbocycles. The molecule has 184 valence electrons. The lowest BCUT2D eigenvalue weighted by Crippen LogP contribution is -2.49. The van der Waals surface area contributed by atoms with E-state index in [1.54, 1.807) is 48.5 Å². The van der Waals surface area contributed by atoms with Crippen LogP contribution in [0, 0.1) is 28.5 Å². The number of nitriles is 2. The maximum atomic E-state index is 13.7. The molecule has 0 unspecified atom stereocenters. The van der Waals surface area contributed by atoms with E-state index >= 15 is 0 Å². The Morgan fingerprint density at radius 3 is 2.42 bits per heavy atom. The fraction of sp³-hybridized carbons (Fsp3) is 0.286. The van der Waals surface area contributed by atoms with Gasteiger partial charge < -0.3 is 19.8 Å². The summed E-state index contributed by atoms with van der Waals surface area (Å²) in [5.74, 6) is 0.184. The second kappa shape index (κ2) is 11.7. The van der Waals surface area contributed by atoms with Gasteiger partial charge in [0.2, 0.25) is 0 Å². The van der Waals surface area contributed by atoms with E-state index in [4.69, 9.17) is 15.1 Å². The zero-order chi connectivity index (χ0) is 25.5. The highest BCUT2D eigenvalue weighted by Crippen LogP contribution is 2.35. The van der Waals surface area contributed by atoms with Crippen molar-refractivity contribution >= 4 is 5.69 Å². The lowest BCUT2D eigenvalue weighted by atomic mass is 9.99. The number of aliphatic hydroxyl groups excluding tert-OH is 2. The number of anilines is 1. The molecule has 3 aromatic rings. The average Bonchev–Trinajstić information content (AvgIpc) is 2.92. The van der Waals surface area contributed by atoms with E-state index in [2.05, 4.69) is 21.9 Å². The monoisotopic (exact) mass is 486 g/mol. The van der Waals surface area contributed by atoms with Crippen molar-refractivity contribution in [2.24, 2.45) is 0 Å². The van der Waals surface area contributed by atoms with Gasteiger partial charge in [0, 0.05) is 26.2 Å². The Kier molecular flexibility index (Phi) is 8.14. The number of ether oxygens (including phenoxy) is 1. The molecule has 3 aromatic carbocycles. The van der Waals surface area contributed by atoms with E-state index in [1.807, 2.05) is 6.07 Å². The van der Waals surface area contributed by atoms with Crippen LogP contribution in [0.2, 0.25) is 0 Å². The molecule has 4 rings (SSSR count). The number of hydrogen-bond donors (Lipinski definition) is 2. The molecule has 0 amide bonds. The summed E-state index contributed by atoms with van der Waals surface area (Å²) in [5.41, 5.74) is 3.37. The first kappa shape index (κ1) is 25.2. The summed E-state index contributed by atoms with van der Waals surface area (Å²) in [5, 5.41) is 38.7. The number of rotatable bonds is 8. The lowest BCUT2D eigenvalue weighted by molar-refractivity contribution is 0.100. The molecule has 7 nitrogen and oxygen atoms in total. The van der Waals surface area contributed by atoms with Gasteiger partial charge in [-0.2, -0.15) is 10.5 Å². The predicted molar refractivity (Wildman–Crippen MR) is 133 cm³/mol. The fourth-order valence-corrected chi connectivity index (χ4v) is 4.50. The van der Waals surface area contributed by atoms with Gasteiger partial charge in [0.15, 0.2) is 0 Å². The van der Waals surface area contributed by atoms with Crippen molar-refractivity contribution in [3.63, 3.8) is 0 Å². The molecular formula is C28H27FN4O3. The van der Waals surface area contributed by atoms with Gasteiger partial charge in [-0.1, -0.05) is 24.3 Å². The maximum absolute atomic E-state index is 13.7. The summed E-state index contributed by atoms with van der Waals surface area (Å²) in [7, 11) is 0. The van der Waals surface area contributed by atoms with E-state index in [-0.39, 0.29) is 25.1 Å². The van der Waals surface area contributed by atoms with Crippen LogP contribution in [-0.4, -0.2) is 54.5 Å². The molecule has 1 aliphatic rings. The minimum Gasteiger partial charge on any atom is -0.491 e. The van der Waals surface area contributed by atoms with Crippen LogP contribution in [0.4, 0.5) is 10.1 Å². The molecule has 0 radical (unpaired) electrons. The summed E-state index contributed by atoms with van der Waals surface area (Å²) >= 11 is 0. The highest BCUT2D eigenvalue weighted by atomic mass is 19.1. The van der Waals surface area contributed by atoms with Gasteiger partial charge in [0.05, 0.1) is 41.6 Å². The standard InChI is InChI=1S/C28H27FN4O3/c29-24-7-5-21(6-8-24)27-18-32(19-28(35)22-3-1-20(16-30)2-4-22)11-12-33(27)26-10-9-25(36-14-13-34)15-23(26)17-31/h1-10,15,27-28,34-35H,11-14,18-19H2/t27-,28-/m0/s1. The second-order valence-corrected chi connectivity index (χ2v) is 8.63. The van der Waals surface area contributed by atoms with E-state index in [1.165, 1.54) is 12.1 Å². The molecule has 0 aromatic heterocycles. The minimum absolute atomic E-state index is 0.118. The molecule has 1 aliphatic heterocycles. The zero-order valence-corrected chi connectivity index (χ0v) is 19.7. The number of aliphatic hydroxyl groups is 2. The predicted octanol–water partition coefficient (Wildman–Crippen LogP) is 3.54. The molecule has 0 spiro atoms. The van der Waals surface area contributed by atoms with Gasteiger partial charge in [0.25, 0.3) is 0 Å². The van der Waals surface area contributed by atoms with Crippen LogP contribution in [0.15, 0.2) is 66.7 Å². The van der Waals surface area contributed by atoms with Crippen LogP contribution in [0.25, 0.3) is 0 Å².